The number of ketones is 1. The molecule has 114 valence electrons. The third kappa shape index (κ3) is 2.39. The third-order valence-electron chi connectivity index (χ3n) is 3.99. The van der Waals surface area contributed by atoms with Crippen LogP contribution in [0.3, 0.4) is 0 Å². The summed E-state index contributed by atoms with van der Waals surface area (Å²) in [4.78, 5) is 26.8. The van der Waals surface area contributed by atoms with Gasteiger partial charge >= 0.3 is 0 Å². The predicted molar refractivity (Wildman–Crippen MR) is 85.0 cm³/mol. The second kappa shape index (κ2) is 5.67. The third-order valence-corrected chi connectivity index (χ3v) is 3.99. The molecule has 0 saturated heterocycles. The second-order valence-corrected chi connectivity index (χ2v) is 5.39. The molecular formula is C17H18N2O3. The van der Waals surface area contributed by atoms with Crippen LogP contribution in [0, 0.1) is 0 Å². The van der Waals surface area contributed by atoms with Crippen molar-refractivity contribution in [1.29, 1.82) is 0 Å². The van der Waals surface area contributed by atoms with E-state index in [0.29, 0.717) is 29.2 Å². The van der Waals surface area contributed by atoms with E-state index in [4.69, 9.17) is 4.74 Å². The molecule has 1 aliphatic rings. The number of pyridine rings is 1. The largest absolute Gasteiger partial charge is 0.497 e. The molecule has 2 heterocycles. The molecule has 5 heteroatoms. The molecule has 22 heavy (non-hydrogen) atoms. The zero-order valence-electron chi connectivity index (χ0n) is 12.7. The van der Waals surface area contributed by atoms with Crippen molar-refractivity contribution in [3.8, 4) is 5.75 Å². The molecule has 0 atom stereocenters. The minimum atomic E-state index is -0.0832. The fraction of sp³-hybridized carbons (Fsp3) is 0.294. The van der Waals surface area contributed by atoms with Crippen LogP contribution in [-0.2, 0) is 6.54 Å². The first-order valence-corrected chi connectivity index (χ1v) is 7.25. The Morgan fingerprint density at radius 2 is 1.82 bits per heavy atom. The van der Waals surface area contributed by atoms with Crippen LogP contribution in [0.25, 0.3) is 0 Å². The first kappa shape index (κ1) is 14.4. The topological polar surface area (TPSA) is 51.5 Å². The van der Waals surface area contributed by atoms with E-state index in [0.717, 1.165) is 13.0 Å². The zero-order valence-corrected chi connectivity index (χ0v) is 12.7. The second-order valence-electron chi connectivity index (χ2n) is 5.39. The van der Waals surface area contributed by atoms with Gasteiger partial charge in [-0.05, 0) is 36.8 Å². The number of anilines is 1. The maximum absolute atomic E-state index is 12.8. The molecule has 0 saturated carbocycles. The summed E-state index contributed by atoms with van der Waals surface area (Å²) in [6, 6.07) is 10.1. The highest BCUT2D eigenvalue weighted by Crippen LogP contribution is 2.25. The first-order chi connectivity index (χ1) is 10.6. The van der Waals surface area contributed by atoms with Crippen molar-refractivity contribution in [3.05, 3.63) is 57.9 Å². The van der Waals surface area contributed by atoms with Crippen LogP contribution in [0.5, 0.6) is 5.75 Å². The average molecular weight is 298 g/mol. The number of aromatic nitrogens is 1. The van der Waals surface area contributed by atoms with Gasteiger partial charge in [0, 0.05) is 31.8 Å². The minimum absolute atomic E-state index is 0.0622. The highest BCUT2D eigenvalue weighted by molar-refractivity contribution is 6.12. The maximum Gasteiger partial charge on any atom is 0.252 e. The summed E-state index contributed by atoms with van der Waals surface area (Å²) >= 11 is 0. The Balaban J connectivity index is 2.07. The Kier molecular flexibility index (Phi) is 3.71. The quantitative estimate of drug-likeness (QED) is 0.813. The summed E-state index contributed by atoms with van der Waals surface area (Å²) in [5.41, 5.74) is 1.08. The summed E-state index contributed by atoms with van der Waals surface area (Å²) < 4.78 is 6.79. The summed E-state index contributed by atoms with van der Waals surface area (Å²) in [6.07, 6.45) is 0.906. The van der Waals surface area contributed by atoms with E-state index < -0.39 is 0 Å². The Morgan fingerprint density at radius 3 is 2.50 bits per heavy atom. The lowest BCUT2D eigenvalue weighted by atomic mass is 10.0. The number of ether oxygens (including phenoxy) is 1. The number of hydrogen-bond acceptors (Lipinski definition) is 4. The lowest BCUT2D eigenvalue weighted by Crippen LogP contribution is -2.36. The van der Waals surface area contributed by atoms with Crippen molar-refractivity contribution in [2.24, 2.45) is 0 Å². The highest BCUT2D eigenvalue weighted by atomic mass is 16.5. The van der Waals surface area contributed by atoms with Gasteiger partial charge in [0.15, 0.2) is 5.78 Å². The first-order valence-electron chi connectivity index (χ1n) is 7.25. The van der Waals surface area contributed by atoms with Gasteiger partial charge < -0.3 is 9.64 Å². The minimum Gasteiger partial charge on any atom is -0.497 e. The molecule has 3 rings (SSSR count). The number of nitrogens with zero attached hydrogens (tertiary/aromatic N) is 2. The molecule has 0 fully saturated rings. The number of carbonyl (C=O) groups excluding carboxylic acids is 1. The SMILES string of the molecule is COc1ccc(C(=O)c2ccc(=O)n3c2N(C)CCC3)cc1. The lowest BCUT2D eigenvalue weighted by Gasteiger charge is -2.30. The van der Waals surface area contributed by atoms with Crippen LogP contribution in [0.4, 0.5) is 5.82 Å². The molecule has 1 aromatic heterocycles. The number of methoxy groups -OCH3 is 1. The molecule has 2 aromatic rings. The smallest absolute Gasteiger partial charge is 0.252 e. The molecule has 1 aliphatic heterocycles. The van der Waals surface area contributed by atoms with E-state index >= 15 is 0 Å². The van der Waals surface area contributed by atoms with Gasteiger partial charge in [-0.1, -0.05) is 0 Å². The van der Waals surface area contributed by atoms with Gasteiger partial charge in [-0.2, -0.15) is 0 Å². The Morgan fingerprint density at radius 1 is 1.09 bits per heavy atom. The van der Waals surface area contributed by atoms with Gasteiger partial charge in [0.05, 0.1) is 12.7 Å². The van der Waals surface area contributed by atoms with Gasteiger partial charge in [-0.15, -0.1) is 0 Å². The van der Waals surface area contributed by atoms with Gasteiger partial charge in [0.2, 0.25) is 0 Å². The molecule has 0 radical (unpaired) electrons. The van der Waals surface area contributed by atoms with Gasteiger partial charge in [0.1, 0.15) is 11.6 Å². The normalized spacial score (nSPS) is 13.6. The molecular weight excluding hydrogens is 280 g/mol. The summed E-state index contributed by atoms with van der Waals surface area (Å²) in [5, 5.41) is 0. The monoisotopic (exact) mass is 298 g/mol. The maximum atomic E-state index is 12.8. The van der Waals surface area contributed by atoms with E-state index in [2.05, 4.69) is 0 Å². The molecule has 0 N–H and O–H groups in total. The van der Waals surface area contributed by atoms with Crippen molar-refractivity contribution in [3.63, 3.8) is 0 Å². The van der Waals surface area contributed by atoms with Crippen LogP contribution in [0.15, 0.2) is 41.2 Å². The fourth-order valence-corrected chi connectivity index (χ4v) is 2.84. The van der Waals surface area contributed by atoms with E-state index in [-0.39, 0.29) is 11.3 Å². The fourth-order valence-electron chi connectivity index (χ4n) is 2.84. The Labute approximate surface area is 128 Å². The molecule has 0 amide bonds. The van der Waals surface area contributed by atoms with Gasteiger partial charge in [-0.3, -0.25) is 14.2 Å². The molecule has 0 unspecified atom stereocenters. The van der Waals surface area contributed by atoms with Crippen LogP contribution < -0.4 is 15.2 Å². The zero-order chi connectivity index (χ0) is 15.7. The van der Waals surface area contributed by atoms with E-state index in [1.165, 1.54) is 6.07 Å². The lowest BCUT2D eigenvalue weighted by molar-refractivity contribution is 0.103. The van der Waals surface area contributed by atoms with Gasteiger partial charge in [-0.25, -0.2) is 0 Å². The number of benzene rings is 1. The summed E-state index contributed by atoms with van der Waals surface area (Å²) in [6.45, 7) is 1.49. The van der Waals surface area contributed by atoms with Crippen molar-refractivity contribution in [2.45, 2.75) is 13.0 Å². The average Bonchev–Trinajstić information content (AvgIpc) is 2.55. The summed E-state index contributed by atoms with van der Waals surface area (Å²) in [7, 11) is 3.50. The Bertz CT molecular complexity index is 762. The van der Waals surface area contributed by atoms with Crippen LogP contribution in [0.1, 0.15) is 22.3 Å². The van der Waals surface area contributed by atoms with Crippen molar-refractivity contribution in [2.75, 3.05) is 25.6 Å². The molecule has 0 bridgehead atoms. The molecule has 5 nitrogen and oxygen atoms in total. The summed E-state index contributed by atoms with van der Waals surface area (Å²) in [5.74, 6) is 1.33. The number of rotatable bonds is 3. The van der Waals surface area contributed by atoms with E-state index in [1.54, 1.807) is 42.0 Å². The van der Waals surface area contributed by atoms with Crippen molar-refractivity contribution >= 4 is 11.6 Å². The van der Waals surface area contributed by atoms with E-state index in [9.17, 15) is 9.59 Å². The van der Waals surface area contributed by atoms with Gasteiger partial charge in [0.25, 0.3) is 5.56 Å². The Hall–Kier alpha value is -2.56. The predicted octanol–water partition coefficient (Wildman–Crippen LogP) is 1.93. The van der Waals surface area contributed by atoms with Crippen LogP contribution >= 0.6 is 0 Å². The number of hydrogen-bond donors (Lipinski definition) is 0. The standard InChI is InChI=1S/C17H18N2O3/c1-18-10-3-11-19-15(20)9-8-14(17(18)19)16(21)12-4-6-13(22-2)7-5-12/h4-9H,3,10-11H2,1-2H3. The number of fused-ring (bicyclic) bond motifs is 1. The van der Waals surface area contributed by atoms with Crippen LogP contribution in [0.2, 0.25) is 0 Å². The molecule has 0 aliphatic carbocycles. The highest BCUT2D eigenvalue weighted by Gasteiger charge is 2.23. The van der Waals surface area contributed by atoms with E-state index in [1.807, 2.05) is 11.9 Å². The number of carbonyl (C=O) groups is 1. The van der Waals surface area contributed by atoms with Crippen molar-refractivity contribution in [1.82, 2.24) is 4.57 Å². The molecule has 1 aromatic carbocycles. The molecule has 0 spiro atoms. The van der Waals surface area contributed by atoms with Crippen LogP contribution in [-0.4, -0.2) is 31.1 Å². The van der Waals surface area contributed by atoms with Crippen molar-refractivity contribution < 1.29 is 9.53 Å².